The zero-order chi connectivity index (χ0) is 23.0. The molecule has 0 aromatic heterocycles. The SMILES string of the molecule is CCCNC(=O)C(C)N(Cc1ccccc1)C(=O)CN(c1cccc(F)c1)S(C)(=O)=O. The Bertz CT molecular complexity index is 999. The summed E-state index contributed by atoms with van der Waals surface area (Å²) in [6, 6.07) is 13.3. The molecule has 2 aromatic carbocycles. The highest BCUT2D eigenvalue weighted by Crippen LogP contribution is 2.20. The minimum Gasteiger partial charge on any atom is -0.354 e. The van der Waals surface area contributed by atoms with E-state index in [1.165, 1.54) is 23.1 Å². The summed E-state index contributed by atoms with van der Waals surface area (Å²) in [6.45, 7) is 3.55. The van der Waals surface area contributed by atoms with Crippen molar-refractivity contribution in [2.24, 2.45) is 0 Å². The fourth-order valence-electron chi connectivity index (χ4n) is 3.00. The molecule has 0 spiro atoms. The lowest BCUT2D eigenvalue weighted by atomic mass is 10.1. The number of rotatable bonds is 10. The molecule has 0 saturated heterocycles. The van der Waals surface area contributed by atoms with E-state index in [1.54, 1.807) is 6.92 Å². The Hall–Kier alpha value is -2.94. The van der Waals surface area contributed by atoms with E-state index < -0.39 is 34.3 Å². The van der Waals surface area contributed by atoms with Gasteiger partial charge in [-0.15, -0.1) is 0 Å². The Morgan fingerprint density at radius 1 is 1.10 bits per heavy atom. The number of hydrogen-bond donors (Lipinski definition) is 1. The van der Waals surface area contributed by atoms with Crippen LogP contribution in [0.1, 0.15) is 25.8 Å². The van der Waals surface area contributed by atoms with Crippen molar-refractivity contribution in [3.63, 3.8) is 0 Å². The highest BCUT2D eigenvalue weighted by atomic mass is 32.2. The second-order valence-corrected chi connectivity index (χ2v) is 9.13. The van der Waals surface area contributed by atoms with Gasteiger partial charge in [-0.3, -0.25) is 13.9 Å². The fraction of sp³-hybridized carbons (Fsp3) is 0.364. The molecule has 2 amide bonds. The summed E-state index contributed by atoms with van der Waals surface area (Å²) in [7, 11) is -3.88. The van der Waals surface area contributed by atoms with Crippen molar-refractivity contribution < 1.29 is 22.4 Å². The van der Waals surface area contributed by atoms with Crippen molar-refractivity contribution in [1.82, 2.24) is 10.2 Å². The molecule has 0 aliphatic rings. The number of hydrogen-bond acceptors (Lipinski definition) is 4. The first kappa shape index (κ1) is 24.3. The van der Waals surface area contributed by atoms with Crippen molar-refractivity contribution in [3.8, 4) is 0 Å². The van der Waals surface area contributed by atoms with Gasteiger partial charge < -0.3 is 10.2 Å². The number of halogens is 1. The summed E-state index contributed by atoms with van der Waals surface area (Å²) in [5.74, 6) is -1.52. The fourth-order valence-corrected chi connectivity index (χ4v) is 3.85. The number of amides is 2. The highest BCUT2D eigenvalue weighted by molar-refractivity contribution is 7.92. The first-order valence-electron chi connectivity index (χ1n) is 9.98. The standard InChI is InChI=1S/C22H28FN3O4S/c1-4-13-24-22(28)17(2)25(15-18-9-6-5-7-10-18)21(27)16-26(31(3,29)30)20-12-8-11-19(23)14-20/h5-12,14,17H,4,13,15-16H2,1-3H3,(H,24,28). The van der Waals surface area contributed by atoms with Gasteiger partial charge in [0, 0.05) is 13.1 Å². The topological polar surface area (TPSA) is 86.8 Å². The first-order chi connectivity index (χ1) is 14.6. The number of nitrogens with zero attached hydrogens (tertiary/aromatic N) is 2. The lowest BCUT2D eigenvalue weighted by Gasteiger charge is -2.31. The average molecular weight is 450 g/mol. The first-order valence-corrected chi connectivity index (χ1v) is 11.8. The molecule has 1 N–H and O–H groups in total. The molecule has 1 atom stereocenters. The third kappa shape index (κ3) is 7.06. The maximum Gasteiger partial charge on any atom is 0.244 e. The Morgan fingerprint density at radius 2 is 1.77 bits per heavy atom. The third-order valence-corrected chi connectivity index (χ3v) is 5.83. The maximum absolute atomic E-state index is 13.7. The van der Waals surface area contributed by atoms with Gasteiger partial charge in [-0.1, -0.05) is 43.3 Å². The molecule has 0 aliphatic heterocycles. The van der Waals surface area contributed by atoms with Crippen molar-refractivity contribution >= 4 is 27.5 Å². The Morgan fingerprint density at radius 3 is 2.35 bits per heavy atom. The van der Waals surface area contributed by atoms with E-state index in [9.17, 15) is 22.4 Å². The molecule has 0 aliphatic carbocycles. The molecular formula is C22H28FN3O4S. The molecule has 7 nitrogen and oxygen atoms in total. The minimum absolute atomic E-state index is 0.0404. The van der Waals surface area contributed by atoms with Crippen LogP contribution in [0.2, 0.25) is 0 Å². The van der Waals surface area contributed by atoms with E-state index in [0.717, 1.165) is 28.6 Å². The van der Waals surface area contributed by atoms with Crippen LogP contribution in [0.3, 0.4) is 0 Å². The summed E-state index contributed by atoms with van der Waals surface area (Å²) in [6.07, 6.45) is 1.69. The molecule has 9 heteroatoms. The number of anilines is 1. The monoisotopic (exact) mass is 449 g/mol. The Labute approximate surface area is 182 Å². The number of sulfonamides is 1. The number of carbonyl (C=O) groups is 2. The van der Waals surface area contributed by atoms with Gasteiger partial charge in [0.2, 0.25) is 21.8 Å². The van der Waals surface area contributed by atoms with Crippen LogP contribution in [-0.2, 0) is 26.2 Å². The second-order valence-electron chi connectivity index (χ2n) is 7.22. The van der Waals surface area contributed by atoms with Crippen LogP contribution in [0.25, 0.3) is 0 Å². The van der Waals surface area contributed by atoms with Crippen molar-refractivity contribution in [1.29, 1.82) is 0 Å². The van der Waals surface area contributed by atoms with Crippen molar-refractivity contribution in [2.75, 3.05) is 23.7 Å². The van der Waals surface area contributed by atoms with Crippen LogP contribution in [-0.4, -0.2) is 50.5 Å². The maximum atomic E-state index is 13.7. The molecule has 1 unspecified atom stereocenters. The van der Waals surface area contributed by atoms with Gasteiger partial charge in [0.25, 0.3) is 0 Å². The van der Waals surface area contributed by atoms with E-state index in [1.807, 2.05) is 37.3 Å². The zero-order valence-corrected chi connectivity index (χ0v) is 18.7. The van der Waals surface area contributed by atoms with E-state index in [2.05, 4.69) is 5.32 Å². The van der Waals surface area contributed by atoms with Crippen LogP contribution in [0.15, 0.2) is 54.6 Å². The largest absolute Gasteiger partial charge is 0.354 e. The van der Waals surface area contributed by atoms with E-state index in [0.29, 0.717) is 6.54 Å². The van der Waals surface area contributed by atoms with Crippen LogP contribution in [0.5, 0.6) is 0 Å². The Kier molecular flexibility index (Phi) is 8.56. The average Bonchev–Trinajstić information content (AvgIpc) is 2.73. The lowest BCUT2D eigenvalue weighted by Crippen LogP contribution is -2.51. The molecule has 0 heterocycles. The normalized spacial score (nSPS) is 12.1. The molecule has 0 fully saturated rings. The summed E-state index contributed by atoms with van der Waals surface area (Å²) in [4.78, 5) is 27.1. The van der Waals surface area contributed by atoms with E-state index >= 15 is 0 Å². The number of carbonyl (C=O) groups excluding carboxylic acids is 2. The summed E-state index contributed by atoms with van der Waals surface area (Å²) < 4.78 is 39.2. The van der Waals surface area contributed by atoms with Gasteiger partial charge in [0.15, 0.2) is 0 Å². The van der Waals surface area contributed by atoms with Gasteiger partial charge in [0.05, 0.1) is 11.9 Å². The molecule has 2 rings (SSSR count). The van der Waals surface area contributed by atoms with E-state index in [-0.39, 0.29) is 18.1 Å². The summed E-state index contributed by atoms with van der Waals surface area (Å²) >= 11 is 0. The highest BCUT2D eigenvalue weighted by Gasteiger charge is 2.30. The van der Waals surface area contributed by atoms with Gasteiger partial charge in [-0.05, 0) is 37.1 Å². The number of nitrogens with one attached hydrogen (secondary N) is 1. The molecule has 0 bridgehead atoms. The molecule has 31 heavy (non-hydrogen) atoms. The zero-order valence-electron chi connectivity index (χ0n) is 17.9. The van der Waals surface area contributed by atoms with Gasteiger partial charge >= 0.3 is 0 Å². The summed E-state index contributed by atoms with van der Waals surface area (Å²) in [5.41, 5.74) is 0.834. The van der Waals surface area contributed by atoms with Crippen LogP contribution in [0.4, 0.5) is 10.1 Å². The van der Waals surface area contributed by atoms with Crippen molar-refractivity contribution in [2.45, 2.75) is 32.9 Å². The van der Waals surface area contributed by atoms with Crippen LogP contribution < -0.4 is 9.62 Å². The summed E-state index contributed by atoms with van der Waals surface area (Å²) in [5, 5.41) is 2.76. The minimum atomic E-state index is -3.88. The van der Waals surface area contributed by atoms with Gasteiger partial charge in [-0.2, -0.15) is 0 Å². The molecule has 0 radical (unpaired) electrons. The van der Waals surface area contributed by atoms with Crippen LogP contribution >= 0.6 is 0 Å². The van der Waals surface area contributed by atoms with Crippen molar-refractivity contribution in [3.05, 3.63) is 66.0 Å². The third-order valence-electron chi connectivity index (χ3n) is 4.69. The van der Waals surface area contributed by atoms with Gasteiger partial charge in [-0.25, -0.2) is 12.8 Å². The van der Waals surface area contributed by atoms with E-state index in [4.69, 9.17) is 0 Å². The predicted octanol–water partition coefficient (Wildman–Crippen LogP) is 2.54. The van der Waals surface area contributed by atoms with Crippen LogP contribution in [0, 0.1) is 5.82 Å². The molecule has 2 aromatic rings. The predicted molar refractivity (Wildman–Crippen MR) is 118 cm³/mol. The number of benzene rings is 2. The molecule has 168 valence electrons. The molecular weight excluding hydrogens is 421 g/mol. The smallest absolute Gasteiger partial charge is 0.244 e. The molecule has 0 saturated carbocycles. The second kappa shape index (κ2) is 10.9. The van der Waals surface area contributed by atoms with Gasteiger partial charge in [0.1, 0.15) is 18.4 Å². The quantitative estimate of drug-likeness (QED) is 0.604. The lowest BCUT2D eigenvalue weighted by molar-refractivity contribution is -0.139. The Balaban J connectivity index is 2.34.